The molecule has 0 saturated carbocycles. The zero-order valence-electron chi connectivity index (χ0n) is 16.1. The van der Waals surface area contributed by atoms with Gasteiger partial charge in [0.1, 0.15) is 11.0 Å². The van der Waals surface area contributed by atoms with Crippen molar-refractivity contribution in [3.63, 3.8) is 0 Å². The lowest BCUT2D eigenvalue weighted by Crippen LogP contribution is -2.30. The van der Waals surface area contributed by atoms with Gasteiger partial charge in [-0.15, -0.1) is 12.4 Å². The van der Waals surface area contributed by atoms with Crippen LogP contribution in [0.2, 0.25) is 0 Å². The van der Waals surface area contributed by atoms with E-state index < -0.39 is 0 Å². The molecule has 0 radical (unpaired) electrons. The first-order chi connectivity index (χ1) is 12.6. The Hall–Kier alpha value is -2.62. The van der Waals surface area contributed by atoms with Crippen LogP contribution in [-0.4, -0.2) is 59.6 Å². The number of fused-ring (bicyclic) bond motifs is 1. The molecule has 10 nitrogen and oxygen atoms in total. The number of carbonyl (C=O) groups excluding carboxylic acids is 1. The highest BCUT2D eigenvalue weighted by atomic mass is 35.5. The summed E-state index contributed by atoms with van der Waals surface area (Å²) in [7, 11) is 3.54. The standard InChI is InChI=1S/C16H27N9O.ClH/c1-5-7-19-10(26)9-21-16-23-12-11(14(18-4)25-16)22-15(20-8-6-2)24-13(12)17-3;/h5-9H2,1-4H3,(H,19,26)(H2,17,20,22,24)(H2,18,21,23,25);1H. The predicted molar refractivity (Wildman–Crippen MR) is 112 cm³/mol. The molecular weight excluding hydrogens is 370 g/mol. The van der Waals surface area contributed by atoms with Gasteiger partial charge in [-0.3, -0.25) is 4.79 Å². The van der Waals surface area contributed by atoms with Crippen molar-refractivity contribution in [2.75, 3.05) is 55.0 Å². The van der Waals surface area contributed by atoms with E-state index in [0.717, 1.165) is 19.4 Å². The average Bonchev–Trinajstić information content (AvgIpc) is 2.67. The number of nitrogens with one attached hydrogen (secondary N) is 5. The van der Waals surface area contributed by atoms with E-state index in [2.05, 4.69) is 53.4 Å². The molecule has 0 saturated heterocycles. The number of hydrogen-bond acceptors (Lipinski definition) is 9. The van der Waals surface area contributed by atoms with Crippen molar-refractivity contribution in [2.24, 2.45) is 0 Å². The normalized spacial score (nSPS) is 10.1. The van der Waals surface area contributed by atoms with E-state index in [0.29, 0.717) is 41.1 Å². The summed E-state index contributed by atoms with van der Waals surface area (Å²) in [6, 6.07) is 0. The third-order valence-electron chi connectivity index (χ3n) is 3.53. The minimum Gasteiger partial charge on any atom is -0.371 e. The molecule has 0 atom stereocenters. The highest BCUT2D eigenvalue weighted by molar-refractivity contribution is 5.94. The summed E-state index contributed by atoms with van der Waals surface area (Å²) in [5.74, 6) is 1.90. The summed E-state index contributed by atoms with van der Waals surface area (Å²) in [6.07, 6.45) is 1.86. The molecule has 2 rings (SSSR count). The Bertz CT molecular complexity index is 756. The lowest BCUT2D eigenvalue weighted by atomic mass is 10.3. The van der Waals surface area contributed by atoms with Gasteiger partial charge in [0.25, 0.3) is 0 Å². The van der Waals surface area contributed by atoms with Crippen molar-refractivity contribution in [1.82, 2.24) is 25.3 Å². The fraction of sp³-hybridized carbons (Fsp3) is 0.562. The molecule has 11 heteroatoms. The molecule has 0 aliphatic heterocycles. The predicted octanol–water partition coefficient (Wildman–Crippen LogP) is 1.68. The second-order valence-corrected chi connectivity index (χ2v) is 5.62. The van der Waals surface area contributed by atoms with Crippen molar-refractivity contribution < 1.29 is 4.79 Å². The van der Waals surface area contributed by atoms with E-state index in [1.807, 2.05) is 6.92 Å². The van der Waals surface area contributed by atoms with Crippen LogP contribution in [-0.2, 0) is 4.79 Å². The summed E-state index contributed by atoms with van der Waals surface area (Å²) in [4.78, 5) is 29.6. The molecule has 2 aromatic rings. The van der Waals surface area contributed by atoms with Gasteiger partial charge < -0.3 is 26.6 Å². The van der Waals surface area contributed by atoms with Crippen molar-refractivity contribution in [3.8, 4) is 0 Å². The van der Waals surface area contributed by atoms with Crippen molar-refractivity contribution >= 4 is 52.9 Å². The van der Waals surface area contributed by atoms with Gasteiger partial charge in [0.05, 0.1) is 6.54 Å². The molecule has 5 N–H and O–H groups in total. The van der Waals surface area contributed by atoms with Gasteiger partial charge in [-0.2, -0.15) is 9.97 Å². The Balaban J connectivity index is 0.00000364. The summed E-state index contributed by atoms with van der Waals surface area (Å²) in [6.45, 7) is 5.59. The van der Waals surface area contributed by atoms with Gasteiger partial charge in [0.15, 0.2) is 11.6 Å². The molecule has 0 aliphatic carbocycles. The number of hydrogen-bond donors (Lipinski definition) is 5. The zero-order chi connectivity index (χ0) is 18.9. The second-order valence-electron chi connectivity index (χ2n) is 5.62. The summed E-state index contributed by atoms with van der Waals surface area (Å²) in [5, 5.41) is 15.0. The van der Waals surface area contributed by atoms with Crippen LogP contribution in [0.15, 0.2) is 0 Å². The average molecular weight is 398 g/mol. The van der Waals surface area contributed by atoms with Crippen LogP contribution in [0.25, 0.3) is 11.0 Å². The van der Waals surface area contributed by atoms with Gasteiger partial charge in [-0.25, -0.2) is 9.97 Å². The first kappa shape index (κ1) is 22.4. The number of halogens is 1. The highest BCUT2D eigenvalue weighted by Gasteiger charge is 2.15. The summed E-state index contributed by atoms with van der Waals surface area (Å²) < 4.78 is 0. The summed E-state index contributed by atoms with van der Waals surface area (Å²) >= 11 is 0. The van der Waals surface area contributed by atoms with Gasteiger partial charge in [0.2, 0.25) is 17.8 Å². The minimum absolute atomic E-state index is 0. The quantitative estimate of drug-likeness (QED) is 0.406. The van der Waals surface area contributed by atoms with Crippen LogP contribution in [0.1, 0.15) is 26.7 Å². The highest BCUT2D eigenvalue weighted by Crippen LogP contribution is 2.26. The van der Waals surface area contributed by atoms with Gasteiger partial charge in [-0.05, 0) is 12.8 Å². The Morgan fingerprint density at radius 2 is 1.33 bits per heavy atom. The Kier molecular flexibility index (Phi) is 9.27. The molecular formula is C16H28ClN9O. The molecule has 27 heavy (non-hydrogen) atoms. The van der Waals surface area contributed by atoms with Crippen molar-refractivity contribution in [1.29, 1.82) is 0 Å². The van der Waals surface area contributed by atoms with Crippen LogP contribution >= 0.6 is 12.4 Å². The zero-order valence-corrected chi connectivity index (χ0v) is 17.0. The van der Waals surface area contributed by atoms with Gasteiger partial charge >= 0.3 is 0 Å². The second kappa shape index (κ2) is 11.2. The Morgan fingerprint density at radius 3 is 1.81 bits per heavy atom. The van der Waals surface area contributed by atoms with Crippen LogP contribution in [0, 0.1) is 0 Å². The van der Waals surface area contributed by atoms with E-state index >= 15 is 0 Å². The van der Waals surface area contributed by atoms with E-state index in [1.165, 1.54) is 0 Å². The number of aromatic nitrogens is 4. The SMILES string of the molecule is CCCNC(=O)CNc1nc(NC)c2nc(NCCC)nc(NC)c2n1.Cl. The lowest BCUT2D eigenvalue weighted by Gasteiger charge is -2.13. The molecule has 0 aliphatic rings. The molecule has 2 heterocycles. The van der Waals surface area contributed by atoms with Crippen LogP contribution < -0.4 is 26.6 Å². The Labute approximate surface area is 165 Å². The van der Waals surface area contributed by atoms with Crippen LogP contribution in [0.4, 0.5) is 23.5 Å². The Morgan fingerprint density at radius 1 is 0.815 bits per heavy atom. The monoisotopic (exact) mass is 397 g/mol. The molecule has 0 bridgehead atoms. The molecule has 0 fully saturated rings. The largest absolute Gasteiger partial charge is 0.371 e. The van der Waals surface area contributed by atoms with Gasteiger partial charge in [0, 0.05) is 27.2 Å². The van der Waals surface area contributed by atoms with E-state index in [-0.39, 0.29) is 24.9 Å². The molecule has 150 valence electrons. The maximum atomic E-state index is 11.8. The number of amides is 1. The third kappa shape index (κ3) is 5.95. The molecule has 2 aromatic heterocycles. The number of carbonyl (C=O) groups is 1. The van der Waals surface area contributed by atoms with E-state index in [9.17, 15) is 4.79 Å². The molecule has 0 spiro atoms. The minimum atomic E-state index is -0.106. The number of anilines is 4. The maximum absolute atomic E-state index is 11.8. The lowest BCUT2D eigenvalue weighted by molar-refractivity contribution is -0.119. The van der Waals surface area contributed by atoms with Crippen molar-refractivity contribution in [2.45, 2.75) is 26.7 Å². The fourth-order valence-corrected chi connectivity index (χ4v) is 2.25. The van der Waals surface area contributed by atoms with Crippen LogP contribution in [0.3, 0.4) is 0 Å². The molecule has 0 unspecified atom stereocenters. The van der Waals surface area contributed by atoms with Gasteiger partial charge in [-0.1, -0.05) is 13.8 Å². The molecule has 1 amide bonds. The van der Waals surface area contributed by atoms with E-state index in [4.69, 9.17) is 0 Å². The number of rotatable bonds is 10. The van der Waals surface area contributed by atoms with Crippen molar-refractivity contribution in [3.05, 3.63) is 0 Å². The van der Waals surface area contributed by atoms with E-state index in [1.54, 1.807) is 14.1 Å². The third-order valence-corrected chi connectivity index (χ3v) is 3.53. The molecule has 0 aromatic carbocycles. The summed E-state index contributed by atoms with van der Waals surface area (Å²) in [5.41, 5.74) is 1.18. The topological polar surface area (TPSA) is 129 Å². The van der Waals surface area contributed by atoms with Crippen LogP contribution in [0.5, 0.6) is 0 Å². The smallest absolute Gasteiger partial charge is 0.239 e. The fourth-order valence-electron chi connectivity index (χ4n) is 2.25. The number of nitrogens with zero attached hydrogens (tertiary/aromatic N) is 4. The first-order valence-electron chi connectivity index (χ1n) is 8.82. The maximum Gasteiger partial charge on any atom is 0.239 e. The first-order valence-corrected chi connectivity index (χ1v) is 8.82.